The Labute approximate surface area is 216 Å². The number of benzene rings is 3. The van der Waals surface area contributed by atoms with E-state index in [2.05, 4.69) is 10.0 Å². The number of carbonyl (C=O) groups is 1. The van der Waals surface area contributed by atoms with Crippen molar-refractivity contribution < 1.29 is 36.9 Å². The van der Waals surface area contributed by atoms with Crippen LogP contribution >= 0.6 is 0 Å². The number of methoxy groups -OCH3 is 4. The number of hydrogen-bond donors (Lipinski definition) is 2. The van der Waals surface area contributed by atoms with Gasteiger partial charge >= 0.3 is 0 Å². The fourth-order valence-electron chi connectivity index (χ4n) is 3.41. The van der Waals surface area contributed by atoms with Gasteiger partial charge in [0, 0.05) is 12.6 Å². The summed E-state index contributed by atoms with van der Waals surface area (Å²) in [7, 11) is 2.38. The number of nitrogens with one attached hydrogen (secondary N) is 2. The second kappa shape index (κ2) is 12.8. The topological polar surface area (TPSA) is 121 Å². The second-order valence-corrected chi connectivity index (χ2v) is 9.48. The van der Waals surface area contributed by atoms with E-state index in [1.165, 1.54) is 38.5 Å². The van der Waals surface area contributed by atoms with Crippen molar-refractivity contribution in [3.05, 3.63) is 66.2 Å². The number of anilines is 1. The van der Waals surface area contributed by atoms with Gasteiger partial charge < -0.3 is 29.0 Å². The van der Waals surface area contributed by atoms with E-state index in [1.807, 2.05) is 6.07 Å². The van der Waals surface area contributed by atoms with Gasteiger partial charge in [0.05, 0.1) is 39.0 Å². The molecular formula is C26H30N2O8S. The Morgan fingerprint density at radius 2 is 1.41 bits per heavy atom. The third-order valence-electron chi connectivity index (χ3n) is 5.34. The lowest BCUT2D eigenvalue weighted by molar-refractivity contribution is -0.118. The molecule has 3 aromatic rings. The first kappa shape index (κ1) is 27.6. The van der Waals surface area contributed by atoms with E-state index in [0.717, 1.165) is 5.56 Å². The van der Waals surface area contributed by atoms with Crippen LogP contribution in [0.4, 0.5) is 5.69 Å². The molecule has 0 aromatic heterocycles. The standard InChI is InChI=1S/C26H30N2O8S/c1-32-20-8-12-23(33-2)22(16-20)28-26(29)17-36-19-6-9-21(10-7-19)37(30,31)27-14-13-18-5-11-24(34-3)25(15-18)35-4/h5-12,15-16,27H,13-14,17H2,1-4H3,(H,28,29). The van der Waals surface area contributed by atoms with Crippen LogP contribution in [-0.4, -0.2) is 55.9 Å². The highest BCUT2D eigenvalue weighted by Gasteiger charge is 2.15. The number of ether oxygens (including phenoxy) is 5. The van der Waals surface area contributed by atoms with Crippen LogP contribution in [0.3, 0.4) is 0 Å². The van der Waals surface area contributed by atoms with Crippen LogP contribution in [-0.2, 0) is 21.2 Å². The Morgan fingerprint density at radius 1 is 0.757 bits per heavy atom. The highest BCUT2D eigenvalue weighted by Crippen LogP contribution is 2.29. The predicted octanol–water partition coefficient (Wildman–Crippen LogP) is 3.26. The average molecular weight is 531 g/mol. The molecule has 11 heteroatoms. The monoisotopic (exact) mass is 530 g/mol. The van der Waals surface area contributed by atoms with Crippen molar-refractivity contribution in [1.82, 2.24) is 4.72 Å². The molecule has 0 spiro atoms. The summed E-state index contributed by atoms with van der Waals surface area (Å²) in [5.41, 5.74) is 1.34. The maximum absolute atomic E-state index is 12.7. The largest absolute Gasteiger partial charge is 0.497 e. The predicted molar refractivity (Wildman–Crippen MR) is 139 cm³/mol. The fourth-order valence-corrected chi connectivity index (χ4v) is 4.44. The van der Waals surface area contributed by atoms with Crippen molar-refractivity contribution in [2.45, 2.75) is 11.3 Å². The maximum atomic E-state index is 12.7. The Bertz CT molecular complexity index is 1310. The number of hydrogen-bond acceptors (Lipinski definition) is 8. The molecule has 0 aliphatic carbocycles. The van der Waals surface area contributed by atoms with Crippen LogP contribution in [0.25, 0.3) is 0 Å². The molecule has 198 valence electrons. The molecule has 0 radical (unpaired) electrons. The highest BCUT2D eigenvalue weighted by molar-refractivity contribution is 7.89. The molecule has 0 fully saturated rings. The molecule has 0 heterocycles. The normalized spacial score (nSPS) is 10.9. The molecule has 0 saturated carbocycles. The van der Waals surface area contributed by atoms with E-state index in [1.54, 1.807) is 44.6 Å². The fraction of sp³-hybridized carbons (Fsp3) is 0.269. The number of rotatable bonds is 13. The van der Waals surface area contributed by atoms with Crippen LogP contribution in [0.5, 0.6) is 28.7 Å². The first-order valence-electron chi connectivity index (χ1n) is 11.2. The van der Waals surface area contributed by atoms with E-state index >= 15 is 0 Å². The van der Waals surface area contributed by atoms with E-state index in [0.29, 0.717) is 40.9 Å². The Balaban J connectivity index is 1.52. The zero-order valence-electron chi connectivity index (χ0n) is 21.1. The van der Waals surface area contributed by atoms with Gasteiger partial charge in [0.25, 0.3) is 5.91 Å². The first-order valence-corrected chi connectivity index (χ1v) is 12.7. The molecule has 0 aliphatic rings. The van der Waals surface area contributed by atoms with Gasteiger partial charge in [-0.3, -0.25) is 4.79 Å². The van der Waals surface area contributed by atoms with E-state index < -0.39 is 15.9 Å². The van der Waals surface area contributed by atoms with E-state index in [-0.39, 0.29) is 18.0 Å². The van der Waals surface area contributed by atoms with Crippen molar-refractivity contribution >= 4 is 21.6 Å². The molecule has 10 nitrogen and oxygen atoms in total. The Morgan fingerprint density at radius 3 is 2.05 bits per heavy atom. The molecule has 0 unspecified atom stereocenters. The maximum Gasteiger partial charge on any atom is 0.262 e. The molecule has 0 aliphatic heterocycles. The molecule has 3 rings (SSSR count). The van der Waals surface area contributed by atoms with Crippen molar-refractivity contribution in [2.24, 2.45) is 0 Å². The molecular weight excluding hydrogens is 500 g/mol. The summed E-state index contributed by atoms with van der Waals surface area (Å²) >= 11 is 0. The lowest BCUT2D eigenvalue weighted by atomic mass is 10.1. The molecule has 37 heavy (non-hydrogen) atoms. The van der Waals surface area contributed by atoms with Gasteiger partial charge in [-0.25, -0.2) is 13.1 Å². The lowest BCUT2D eigenvalue weighted by Crippen LogP contribution is -2.26. The summed E-state index contributed by atoms with van der Waals surface area (Å²) in [5.74, 6) is 2.15. The average Bonchev–Trinajstić information content (AvgIpc) is 2.91. The highest BCUT2D eigenvalue weighted by atomic mass is 32.2. The quantitative estimate of drug-likeness (QED) is 0.345. The minimum atomic E-state index is -3.73. The van der Waals surface area contributed by atoms with E-state index in [4.69, 9.17) is 23.7 Å². The number of amides is 1. The Hall–Kier alpha value is -3.96. The molecule has 0 atom stereocenters. The zero-order chi connectivity index (χ0) is 26.8. The summed E-state index contributed by atoms with van der Waals surface area (Å²) in [6.45, 7) is -0.0833. The van der Waals surface area contributed by atoms with Gasteiger partial charge in [-0.15, -0.1) is 0 Å². The summed E-state index contributed by atoms with van der Waals surface area (Å²) < 4.78 is 54.3. The number of sulfonamides is 1. The van der Waals surface area contributed by atoms with Crippen LogP contribution in [0.2, 0.25) is 0 Å². The third kappa shape index (κ3) is 7.51. The molecule has 0 bridgehead atoms. The molecule has 3 aromatic carbocycles. The molecule has 2 N–H and O–H groups in total. The second-order valence-electron chi connectivity index (χ2n) is 7.71. The van der Waals surface area contributed by atoms with Crippen LogP contribution in [0, 0.1) is 0 Å². The first-order chi connectivity index (χ1) is 17.8. The van der Waals surface area contributed by atoms with Crippen LogP contribution < -0.4 is 33.7 Å². The van der Waals surface area contributed by atoms with Gasteiger partial charge in [0.2, 0.25) is 10.0 Å². The minimum Gasteiger partial charge on any atom is -0.497 e. The smallest absolute Gasteiger partial charge is 0.262 e. The summed E-state index contributed by atoms with van der Waals surface area (Å²) in [6.07, 6.45) is 0.466. The van der Waals surface area contributed by atoms with Gasteiger partial charge in [-0.2, -0.15) is 0 Å². The van der Waals surface area contributed by atoms with Gasteiger partial charge in [-0.05, 0) is 60.5 Å². The molecule has 1 amide bonds. The van der Waals surface area contributed by atoms with Gasteiger partial charge in [0.15, 0.2) is 18.1 Å². The van der Waals surface area contributed by atoms with Crippen LogP contribution in [0.1, 0.15) is 5.56 Å². The summed E-state index contributed by atoms with van der Waals surface area (Å²) in [4.78, 5) is 12.4. The van der Waals surface area contributed by atoms with Crippen molar-refractivity contribution in [3.63, 3.8) is 0 Å². The van der Waals surface area contributed by atoms with E-state index in [9.17, 15) is 13.2 Å². The lowest BCUT2D eigenvalue weighted by Gasteiger charge is -2.12. The minimum absolute atomic E-state index is 0.0812. The number of carbonyl (C=O) groups excluding carboxylic acids is 1. The van der Waals surface area contributed by atoms with Gasteiger partial charge in [0.1, 0.15) is 17.2 Å². The molecule has 0 saturated heterocycles. The summed E-state index contributed by atoms with van der Waals surface area (Å²) in [5, 5.41) is 2.70. The van der Waals surface area contributed by atoms with Crippen molar-refractivity contribution in [3.8, 4) is 28.7 Å². The van der Waals surface area contributed by atoms with Crippen LogP contribution in [0.15, 0.2) is 65.6 Å². The SMILES string of the molecule is COc1ccc(OC)c(NC(=O)COc2ccc(S(=O)(=O)NCCc3ccc(OC)c(OC)c3)cc2)c1. The zero-order valence-corrected chi connectivity index (χ0v) is 21.9. The Kier molecular flexibility index (Phi) is 9.58. The van der Waals surface area contributed by atoms with Crippen molar-refractivity contribution in [2.75, 3.05) is 46.9 Å². The third-order valence-corrected chi connectivity index (χ3v) is 6.82. The summed E-state index contributed by atoms with van der Waals surface area (Å²) in [6, 6.07) is 16.3. The van der Waals surface area contributed by atoms with Gasteiger partial charge in [-0.1, -0.05) is 6.07 Å². The van der Waals surface area contributed by atoms with Crippen molar-refractivity contribution in [1.29, 1.82) is 0 Å².